The SMILES string of the molecule is NCCC[n+]1cc(Br)cc2ccccc21. The van der Waals surface area contributed by atoms with Gasteiger partial charge in [-0.3, -0.25) is 0 Å². The number of benzene rings is 1. The third-order valence-electron chi connectivity index (χ3n) is 2.42. The monoisotopic (exact) mass is 265 g/mol. The average molecular weight is 266 g/mol. The van der Waals surface area contributed by atoms with Crippen molar-refractivity contribution < 1.29 is 4.57 Å². The number of nitrogens with two attached hydrogens (primary N) is 1. The van der Waals surface area contributed by atoms with Crippen LogP contribution in [0.15, 0.2) is 41.0 Å². The molecule has 0 saturated heterocycles. The highest BCUT2D eigenvalue weighted by molar-refractivity contribution is 9.10. The van der Waals surface area contributed by atoms with E-state index in [1.165, 1.54) is 10.9 Å². The highest BCUT2D eigenvalue weighted by Gasteiger charge is 2.08. The first-order valence-corrected chi connectivity index (χ1v) is 5.88. The molecule has 3 heteroatoms. The van der Waals surface area contributed by atoms with Crippen LogP contribution in [0, 0.1) is 0 Å². The lowest BCUT2D eigenvalue weighted by atomic mass is 10.2. The zero-order chi connectivity index (χ0) is 10.7. The fraction of sp³-hybridized carbons (Fsp3) is 0.250. The highest BCUT2D eigenvalue weighted by atomic mass is 79.9. The number of fused-ring (bicyclic) bond motifs is 1. The van der Waals surface area contributed by atoms with Crippen molar-refractivity contribution in [2.75, 3.05) is 6.54 Å². The fourth-order valence-electron chi connectivity index (χ4n) is 1.72. The summed E-state index contributed by atoms with van der Waals surface area (Å²) in [6.07, 6.45) is 3.11. The first kappa shape index (κ1) is 10.6. The van der Waals surface area contributed by atoms with Crippen LogP contribution in [0.3, 0.4) is 0 Å². The van der Waals surface area contributed by atoms with Crippen molar-refractivity contribution in [3.05, 3.63) is 41.0 Å². The van der Waals surface area contributed by atoms with Crippen molar-refractivity contribution in [2.24, 2.45) is 5.73 Å². The van der Waals surface area contributed by atoms with Crippen molar-refractivity contribution in [3.63, 3.8) is 0 Å². The maximum absolute atomic E-state index is 5.53. The molecule has 1 heterocycles. The molecular formula is C12H14BrN2+. The van der Waals surface area contributed by atoms with E-state index in [0.29, 0.717) is 0 Å². The summed E-state index contributed by atoms with van der Waals surface area (Å²) in [6.45, 7) is 1.70. The van der Waals surface area contributed by atoms with Crippen molar-refractivity contribution >= 4 is 26.8 Å². The molecule has 2 N–H and O–H groups in total. The number of hydrogen-bond acceptors (Lipinski definition) is 1. The lowest BCUT2D eigenvalue weighted by Gasteiger charge is -2.01. The molecule has 1 aromatic carbocycles. The van der Waals surface area contributed by atoms with E-state index in [-0.39, 0.29) is 0 Å². The van der Waals surface area contributed by atoms with Crippen LogP contribution < -0.4 is 10.3 Å². The van der Waals surface area contributed by atoms with Gasteiger partial charge in [0.2, 0.25) is 5.52 Å². The number of rotatable bonds is 3. The van der Waals surface area contributed by atoms with Crippen molar-refractivity contribution in [1.29, 1.82) is 0 Å². The van der Waals surface area contributed by atoms with Gasteiger partial charge in [0.15, 0.2) is 6.20 Å². The van der Waals surface area contributed by atoms with Gasteiger partial charge < -0.3 is 5.73 Å². The van der Waals surface area contributed by atoms with E-state index < -0.39 is 0 Å². The third-order valence-corrected chi connectivity index (χ3v) is 2.86. The third kappa shape index (κ3) is 2.36. The van der Waals surface area contributed by atoms with Gasteiger partial charge >= 0.3 is 0 Å². The predicted molar refractivity (Wildman–Crippen MR) is 65.5 cm³/mol. The molecule has 0 amide bonds. The van der Waals surface area contributed by atoms with Crippen molar-refractivity contribution in [3.8, 4) is 0 Å². The summed E-state index contributed by atoms with van der Waals surface area (Å²) < 4.78 is 3.35. The lowest BCUT2D eigenvalue weighted by Crippen LogP contribution is -2.35. The van der Waals surface area contributed by atoms with E-state index in [0.717, 1.165) is 24.0 Å². The number of aryl methyl sites for hydroxylation is 1. The van der Waals surface area contributed by atoms with E-state index in [1.807, 2.05) is 0 Å². The van der Waals surface area contributed by atoms with E-state index in [9.17, 15) is 0 Å². The maximum Gasteiger partial charge on any atom is 0.212 e. The zero-order valence-electron chi connectivity index (χ0n) is 8.49. The molecule has 0 bridgehead atoms. The molecule has 0 saturated carbocycles. The smallest absolute Gasteiger partial charge is 0.212 e. The van der Waals surface area contributed by atoms with Gasteiger partial charge in [0, 0.05) is 17.9 Å². The Labute approximate surface area is 97.8 Å². The molecule has 0 fully saturated rings. The van der Waals surface area contributed by atoms with Gasteiger partial charge in [-0.25, -0.2) is 0 Å². The van der Waals surface area contributed by atoms with Crippen molar-refractivity contribution in [2.45, 2.75) is 13.0 Å². The number of nitrogens with zero attached hydrogens (tertiary/aromatic N) is 1. The Kier molecular flexibility index (Phi) is 3.34. The number of pyridine rings is 1. The molecule has 2 nitrogen and oxygen atoms in total. The molecule has 0 aliphatic carbocycles. The molecule has 0 atom stereocenters. The molecule has 0 unspecified atom stereocenters. The summed E-state index contributed by atoms with van der Waals surface area (Å²) in [5.41, 5.74) is 6.79. The zero-order valence-corrected chi connectivity index (χ0v) is 10.1. The Morgan fingerprint density at radius 1 is 1.27 bits per heavy atom. The summed E-state index contributed by atoms with van der Waals surface area (Å²) in [6, 6.07) is 10.5. The van der Waals surface area contributed by atoms with Gasteiger partial charge in [-0.1, -0.05) is 12.1 Å². The molecule has 1 aromatic heterocycles. The lowest BCUT2D eigenvalue weighted by molar-refractivity contribution is -0.672. The number of para-hydroxylation sites is 1. The second kappa shape index (κ2) is 4.73. The van der Waals surface area contributed by atoms with E-state index in [1.54, 1.807) is 0 Å². The molecule has 0 radical (unpaired) electrons. The number of halogens is 1. The van der Waals surface area contributed by atoms with E-state index >= 15 is 0 Å². The maximum atomic E-state index is 5.53. The normalized spacial score (nSPS) is 10.8. The van der Waals surface area contributed by atoms with Crippen LogP contribution in [0.2, 0.25) is 0 Å². The fourth-order valence-corrected chi connectivity index (χ4v) is 2.22. The number of hydrogen-bond donors (Lipinski definition) is 1. The van der Waals surface area contributed by atoms with Crippen LogP contribution in [0.4, 0.5) is 0 Å². The summed E-state index contributed by atoms with van der Waals surface area (Å²) in [5.74, 6) is 0. The molecule has 78 valence electrons. The van der Waals surface area contributed by atoms with Gasteiger partial charge in [-0.05, 0) is 34.6 Å². The second-order valence-corrected chi connectivity index (χ2v) is 4.47. The van der Waals surface area contributed by atoms with Gasteiger partial charge in [0.05, 0.1) is 4.47 Å². The van der Waals surface area contributed by atoms with Crippen LogP contribution in [-0.2, 0) is 6.54 Å². The van der Waals surface area contributed by atoms with Gasteiger partial charge in [-0.2, -0.15) is 4.57 Å². The topological polar surface area (TPSA) is 29.9 Å². The van der Waals surface area contributed by atoms with Crippen LogP contribution in [0.5, 0.6) is 0 Å². The van der Waals surface area contributed by atoms with Gasteiger partial charge in [0.1, 0.15) is 6.54 Å². The Balaban J connectivity index is 2.50. The molecule has 0 aliphatic heterocycles. The van der Waals surface area contributed by atoms with Crippen molar-refractivity contribution in [1.82, 2.24) is 0 Å². The average Bonchev–Trinajstić information content (AvgIpc) is 2.25. The van der Waals surface area contributed by atoms with Gasteiger partial charge in [0.25, 0.3) is 0 Å². The van der Waals surface area contributed by atoms with Crippen LogP contribution in [-0.4, -0.2) is 6.54 Å². The van der Waals surface area contributed by atoms with E-state index in [2.05, 4.69) is 57.0 Å². The quantitative estimate of drug-likeness (QED) is 0.848. The minimum absolute atomic E-state index is 0.730. The molecule has 2 aromatic rings. The molecule has 15 heavy (non-hydrogen) atoms. The summed E-state index contributed by atoms with van der Waals surface area (Å²) in [5, 5.41) is 1.25. The molecular weight excluding hydrogens is 252 g/mol. The Morgan fingerprint density at radius 3 is 2.87 bits per heavy atom. The highest BCUT2D eigenvalue weighted by Crippen LogP contribution is 2.15. The van der Waals surface area contributed by atoms with Gasteiger partial charge in [-0.15, -0.1) is 0 Å². The first-order chi connectivity index (χ1) is 7.31. The minimum Gasteiger partial charge on any atom is -0.330 e. The predicted octanol–water partition coefficient (Wildman–Crippen LogP) is 2.24. The molecule has 2 rings (SSSR count). The molecule has 0 spiro atoms. The minimum atomic E-state index is 0.730. The Morgan fingerprint density at radius 2 is 2.07 bits per heavy atom. The van der Waals surface area contributed by atoms with Crippen LogP contribution in [0.1, 0.15) is 6.42 Å². The largest absolute Gasteiger partial charge is 0.330 e. The summed E-state index contributed by atoms with van der Waals surface area (Å²) in [7, 11) is 0. The summed E-state index contributed by atoms with van der Waals surface area (Å²) in [4.78, 5) is 0. The first-order valence-electron chi connectivity index (χ1n) is 5.09. The second-order valence-electron chi connectivity index (χ2n) is 3.55. The Bertz CT molecular complexity index is 468. The Hall–Kier alpha value is -0.930. The standard InChI is InChI=1S/C12H14BrN2/c13-11-8-10-4-1-2-5-12(10)15(9-11)7-3-6-14/h1-2,4-5,8-9H,3,6-7,14H2/q+1. The van der Waals surface area contributed by atoms with Crippen LogP contribution in [0.25, 0.3) is 10.9 Å². The summed E-state index contributed by atoms with van der Waals surface area (Å²) >= 11 is 3.52. The number of aromatic nitrogens is 1. The van der Waals surface area contributed by atoms with E-state index in [4.69, 9.17) is 5.73 Å². The molecule has 0 aliphatic rings. The van der Waals surface area contributed by atoms with Crippen LogP contribution >= 0.6 is 15.9 Å².